The number of ketones is 1. The average Bonchev–Trinajstić information content (AvgIpc) is 2.81. The maximum Gasteiger partial charge on any atom is 0.277 e. The molecule has 0 spiro atoms. The van der Waals surface area contributed by atoms with Gasteiger partial charge in [0.15, 0.2) is 5.78 Å². The van der Waals surface area contributed by atoms with Crippen molar-refractivity contribution in [2.45, 2.75) is 40.2 Å². The van der Waals surface area contributed by atoms with Crippen LogP contribution in [0, 0.1) is 13.8 Å². The van der Waals surface area contributed by atoms with Gasteiger partial charge in [-0.15, -0.1) is 0 Å². The maximum absolute atomic E-state index is 12.5. The molecule has 140 valence electrons. The predicted octanol–water partition coefficient (Wildman–Crippen LogP) is 0.00134. The molecule has 1 fully saturated rings. The van der Waals surface area contributed by atoms with E-state index in [2.05, 4.69) is 5.10 Å². The molecule has 0 radical (unpaired) electrons. The Labute approximate surface area is 147 Å². The Balaban J connectivity index is 2.02. The lowest BCUT2D eigenvalue weighted by Gasteiger charge is -2.33. The van der Waals surface area contributed by atoms with E-state index in [4.69, 9.17) is 5.14 Å². The molecule has 1 aliphatic heterocycles. The second-order valence-electron chi connectivity index (χ2n) is 6.42. The van der Waals surface area contributed by atoms with Crippen LogP contribution in [0.3, 0.4) is 0 Å². The monoisotopic (exact) mass is 371 g/mol. The van der Waals surface area contributed by atoms with Gasteiger partial charge in [0.2, 0.25) is 5.91 Å². The van der Waals surface area contributed by atoms with Crippen LogP contribution >= 0.6 is 0 Å². The van der Waals surface area contributed by atoms with Gasteiger partial charge in [0, 0.05) is 38.3 Å². The molecule has 1 amide bonds. The number of hydrogen-bond acceptors (Lipinski definition) is 5. The Morgan fingerprint density at radius 2 is 1.76 bits per heavy atom. The second-order valence-corrected chi connectivity index (χ2v) is 7.97. The summed E-state index contributed by atoms with van der Waals surface area (Å²) in [5.74, 6) is -0.114. The van der Waals surface area contributed by atoms with Crippen LogP contribution in [-0.4, -0.2) is 65.3 Å². The van der Waals surface area contributed by atoms with Crippen LogP contribution in [0.5, 0.6) is 0 Å². The minimum atomic E-state index is -3.71. The van der Waals surface area contributed by atoms with Gasteiger partial charge >= 0.3 is 0 Å². The summed E-state index contributed by atoms with van der Waals surface area (Å²) in [5.41, 5.74) is 2.01. The van der Waals surface area contributed by atoms with Gasteiger partial charge in [-0.25, -0.2) is 5.14 Å². The number of aryl methyl sites for hydroxylation is 1. The Kier molecular flexibility index (Phi) is 5.65. The van der Waals surface area contributed by atoms with Crippen molar-refractivity contribution in [1.82, 2.24) is 19.0 Å². The normalized spacial score (nSPS) is 17.6. The fourth-order valence-electron chi connectivity index (χ4n) is 3.26. The topological polar surface area (TPSA) is 119 Å². The zero-order valence-electron chi connectivity index (χ0n) is 15.0. The molecule has 1 aromatic heterocycles. The standard InChI is InChI=1S/C15H25N5O4S/c1-10(20-12(3)15(13(4)21)11(2)17-20)9-14(22)18-5-7-19(8-6-18)25(16,23)24/h10H,5-9H2,1-4H3,(H2,16,23,24)/t10-/m0/s1. The fraction of sp³-hybridized carbons (Fsp3) is 0.667. The van der Waals surface area contributed by atoms with Crippen molar-refractivity contribution in [3.63, 3.8) is 0 Å². The number of nitrogens with two attached hydrogens (primary N) is 1. The molecule has 0 aliphatic carbocycles. The molecule has 0 saturated carbocycles. The lowest BCUT2D eigenvalue weighted by atomic mass is 10.1. The summed E-state index contributed by atoms with van der Waals surface area (Å²) in [6, 6.07) is -0.199. The predicted molar refractivity (Wildman–Crippen MR) is 92.3 cm³/mol. The van der Waals surface area contributed by atoms with Gasteiger partial charge in [-0.05, 0) is 27.7 Å². The largest absolute Gasteiger partial charge is 0.340 e. The summed E-state index contributed by atoms with van der Waals surface area (Å²) in [4.78, 5) is 25.8. The van der Waals surface area contributed by atoms with Gasteiger partial charge in [-0.2, -0.15) is 17.8 Å². The van der Waals surface area contributed by atoms with Gasteiger partial charge in [0.05, 0.1) is 17.3 Å². The van der Waals surface area contributed by atoms with Crippen LogP contribution in [0.1, 0.15) is 48.1 Å². The van der Waals surface area contributed by atoms with Crippen molar-refractivity contribution in [1.29, 1.82) is 0 Å². The zero-order valence-corrected chi connectivity index (χ0v) is 15.8. The van der Waals surface area contributed by atoms with Gasteiger partial charge in [-0.3, -0.25) is 14.3 Å². The lowest BCUT2D eigenvalue weighted by Crippen LogP contribution is -2.52. The molecule has 1 saturated heterocycles. The van der Waals surface area contributed by atoms with Crippen molar-refractivity contribution in [3.8, 4) is 0 Å². The minimum absolute atomic E-state index is 0.0427. The van der Waals surface area contributed by atoms with Crippen molar-refractivity contribution in [2.24, 2.45) is 5.14 Å². The summed E-state index contributed by atoms with van der Waals surface area (Å²) >= 11 is 0. The number of hydrogen-bond donors (Lipinski definition) is 1. The Hall–Kier alpha value is -1.78. The smallest absolute Gasteiger partial charge is 0.277 e. The molecule has 25 heavy (non-hydrogen) atoms. The second kappa shape index (κ2) is 7.22. The molecule has 0 aromatic carbocycles. The number of Topliss-reactive ketones (excluding diaryl/α,β-unsaturated/α-hetero) is 1. The first kappa shape index (κ1) is 19.5. The molecule has 2 rings (SSSR count). The zero-order chi connectivity index (χ0) is 18.9. The highest BCUT2D eigenvalue weighted by molar-refractivity contribution is 7.86. The molecular formula is C15H25N5O4S. The van der Waals surface area contributed by atoms with Crippen molar-refractivity contribution < 1.29 is 18.0 Å². The Morgan fingerprint density at radius 1 is 1.20 bits per heavy atom. The third-order valence-corrected chi connectivity index (χ3v) is 5.60. The molecule has 9 nitrogen and oxygen atoms in total. The van der Waals surface area contributed by atoms with E-state index >= 15 is 0 Å². The first-order chi connectivity index (χ1) is 11.5. The maximum atomic E-state index is 12.5. The third-order valence-electron chi connectivity index (χ3n) is 4.52. The molecule has 10 heteroatoms. The van der Waals surface area contributed by atoms with Crippen LogP contribution in [0.2, 0.25) is 0 Å². The van der Waals surface area contributed by atoms with E-state index in [-0.39, 0.29) is 37.2 Å². The quantitative estimate of drug-likeness (QED) is 0.731. The first-order valence-electron chi connectivity index (χ1n) is 8.14. The number of amides is 1. The van der Waals surface area contributed by atoms with E-state index in [1.54, 1.807) is 16.5 Å². The molecule has 2 heterocycles. The van der Waals surface area contributed by atoms with E-state index in [1.165, 1.54) is 11.2 Å². The van der Waals surface area contributed by atoms with E-state index in [1.807, 2.05) is 13.8 Å². The van der Waals surface area contributed by atoms with E-state index in [0.29, 0.717) is 24.3 Å². The van der Waals surface area contributed by atoms with Crippen molar-refractivity contribution in [3.05, 3.63) is 17.0 Å². The van der Waals surface area contributed by atoms with Crippen LogP contribution in [0.4, 0.5) is 0 Å². The Morgan fingerprint density at radius 3 is 2.20 bits per heavy atom. The molecule has 0 unspecified atom stereocenters. The fourth-order valence-corrected chi connectivity index (χ4v) is 3.93. The Bertz CT molecular complexity index is 778. The number of carbonyl (C=O) groups is 2. The van der Waals surface area contributed by atoms with Crippen molar-refractivity contribution >= 4 is 21.9 Å². The van der Waals surface area contributed by atoms with Crippen LogP contribution in [0.15, 0.2) is 0 Å². The summed E-state index contributed by atoms with van der Waals surface area (Å²) in [6.07, 6.45) is 0.231. The lowest BCUT2D eigenvalue weighted by molar-refractivity contribution is -0.133. The number of aromatic nitrogens is 2. The van der Waals surface area contributed by atoms with Crippen LogP contribution in [-0.2, 0) is 15.0 Å². The summed E-state index contributed by atoms with van der Waals surface area (Å²) in [6.45, 7) is 8.02. The number of piperazine rings is 1. The van der Waals surface area contributed by atoms with Gasteiger partial charge in [0.25, 0.3) is 10.2 Å². The summed E-state index contributed by atoms with van der Waals surface area (Å²) in [7, 11) is -3.71. The van der Waals surface area contributed by atoms with Gasteiger partial charge in [-0.1, -0.05) is 0 Å². The van der Waals surface area contributed by atoms with Crippen LogP contribution < -0.4 is 5.14 Å². The molecule has 1 aromatic rings. The highest BCUT2D eigenvalue weighted by Crippen LogP contribution is 2.21. The van der Waals surface area contributed by atoms with Crippen molar-refractivity contribution in [2.75, 3.05) is 26.2 Å². The average molecular weight is 371 g/mol. The molecular weight excluding hydrogens is 346 g/mol. The van der Waals surface area contributed by atoms with E-state index < -0.39 is 10.2 Å². The summed E-state index contributed by atoms with van der Waals surface area (Å²) in [5, 5.41) is 9.50. The molecule has 1 atom stereocenters. The SMILES string of the molecule is CC(=O)c1c(C)nn([C@@H](C)CC(=O)N2CCN(S(N)(=O)=O)CC2)c1C. The third kappa shape index (κ3) is 4.25. The van der Waals surface area contributed by atoms with E-state index in [9.17, 15) is 18.0 Å². The number of carbonyl (C=O) groups excluding carboxylic acids is 2. The van der Waals surface area contributed by atoms with Gasteiger partial charge < -0.3 is 4.90 Å². The number of rotatable bonds is 5. The number of nitrogens with zero attached hydrogens (tertiary/aromatic N) is 4. The van der Waals surface area contributed by atoms with Crippen LogP contribution in [0.25, 0.3) is 0 Å². The molecule has 2 N–H and O–H groups in total. The molecule has 1 aliphatic rings. The highest BCUT2D eigenvalue weighted by Gasteiger charge is 2.28. The minimum Gasteiger partial charge on any atom is -0.340 e. The highest BCUT2D eigenvalue weighted by atomic mass is 32.2. The molecule has 0 bridgehead atoms. The van der Waals surface area contributed by atoms with Gasteiger partial charge in [0.1, 0.15) is 0 Å². The summed E-state index contributed by atoms with van der Waals surface area (Å²) < 4.78 is 25.5. The first-order valence-corrected chi connectivity index (χ1v) is 9.65. The van der Waals surface area contributed by atoms with E-state index in [0.717, 1.165) is 5.69 Å².